The molecule has 7 nitrogen and oxygen atoms in total. The van der Waals surface area contributed by atoms with Gasteiger partial charge < -0.3 is 10.2 Å². The summed E-state index contributed by atoms with van der Waals surface area (Å²) in [7, 11) is 0. The van der Waals surface area contributed by atoms with E-state index in [1.807, 2.05) is 12.1 Å². The summed E-state index contributed by atoms with van der Waals surface area (Å²) in [6.45, 7) is 6.70. The van der Waals surface area contributed by atoms with Gasteiger partial charge in [-0.05, 0) is 48.0 Å². The molecule has 2 aromatic rings. The largest absolute Gasteiger partial charge is 0.368 e. The second-order valence-electron chi connectivity index (χ2n) is 4.67. The number of nitrogens with one attached hydrogen (secondary N) is 1. The molecule has 1 atom stereocenters. The highest BCUT2D eigenvalue weighted by Gasteiger charge is 2.20. The standard InChI is InChI=1S/C11H17N7/c1-2-17-6-5-9(8-17)7-12-10-3-4-11-13-15-16-18(11)14-10/h3-4,9H,2,5-8H2,1H3,(H,12,14). The lowest BCUT2D eigenvalue weighted by Gasteiger charge is -2.13. The second kappa shape index (κ2) is 4.85. The Morgan fingerprint density at radius 3 is 3.22 bits per heavy atom. The highest BCUT2D eigenvalue weighted by atomic mass is 15.6. The van der Waals surface area contributed by atoms with Gasteiger partial charge in [0, 0.05) is 13.1 Å². The predicted octanol–water partition coefficient (Wildman–Crippen LogP) is 0.273. The van der Waals surface area contributed by atoms with Crippen LogP contribution in [0.1, 0.15) is 13.3 Å². The molecule has 0 amide bonds. The molecule has 1 unspecified atom stereocenters. The monoisotopic (exact) mass is 247 g/mol. The molecule has 0 spiro atoms. The zero-order chi connectivity index (χ0) is 12.4. The minimum absolute atomic E-state index is 0.665. The number of tetrazole rings is 1. The third-order valence-electron chi connectivity index (χ3n) is 3.46. The lowest BCUT2D eigenvalue weighted by Crippen LogP contribution is -2.22. The second-order valence-corrected chi connectivity index (χ2v) is 4.67. The zero-order valence-electron chi connectivity index (χ0n) is 10.5. The molecule has 18 heavy (non-hydrogen) atoms. The van der Waals surface area contributed by atoms with Crippen molar-refractivity contribution in [3.8, 4) is 0 Å². The SMILES string of the molecule is CCN1CCC(CNc2ccc3nnnn3n2)C1. The Morgan fingerprint density at radius 2 is 2.39 bits per heavy atom. The molecule has 96 valence electrons. The molecule has 0 radical (unpaired) electrons. The van der Waals surface area contributed by atoms with Gasteiger partial charge >= 0.3 is 0 Å². The van der Waals surface area contributed by atoms with E-state index >= 15 is 0 Å². The quantitative estimate of drug-likeness (QED) is 0.836. The predicted molar refractivity (Wildman–Crippen MR) is 67.3 cm³/mol. The first-order valence-electron chi connectivity index (χ1n) is 6.37. The van der Waals surface area contributed by atoms with Gasteiger partial charge in [0.1, 0.15) is 5.82 Å². The van der Waals surface area contributed by atoms with Gasteiger partial charge in [-0.3, -0.25) is 0 Å². The average molecular weight is 247 g/mol. The molecule has 3 heterocycles. The number of hydrogen-bond acceptors (Lipinski definition) is 6. The van der Waals surface area contributed by atoms with Crippen molar-refractivity contribution in [2.75, 3.05) is 31.5 Å². The van der Waals surface area contributed by atoms with Crippen molar-refractivity contribution in [1.82, 2.24) is 30.2 Å². The highest BCUT2D eigenvalue weighted by molar-refractivity contribution is 5.42. The van der Waals surface area contributed by atoms with Gasteiger partial charge in [-0.2, -0.15) is 0 Å². The van der Waals surface area contributed by atoms with E-state index < -0.39 is 0 Å². The molecule has 7 heteroatoms. The Hall–Kier alpha value is -1.76. The molecule has 3 rings (SSSR count). The molecule has 0 saturated carbocycles. The van der Waals surface area contributed by atoms with Crippen molar-refractivity contribution in [3.63, 3.8) is 0 Å². The Morgan fingerprint density at radius 1 is 1.44 bits per heavy atom. The molecule has 1 aliphatic heterocycles. The number of rotatable bonds is 4. The summed E-state index contributed by atoms with van der Waals surface area (Å²) in [5.41, 5.74) is 0.665. The molecule has 0 bridgehead atoms. The van der Waals surface area contributed by atoms with Gasteiger partial charge in [0.05, 0.1) is 0 Å². The summed E-state index contributed by atoms with van der Waals surface area (Å²) in [4.78, 5) is 2.48. The van der Waals surface area contributed by atoms with Crippen molar-refractivity contribution in [2.24, 2.45) is 5.92 Å². The number of hydrogen-bond donors (Lipinski definition) is 1. The van der Waals surface area contributed by atoms with Crippen molar-refractivity contribution in [3.05, 3.63) is 12.1 Å². The average Bonchev–Trinajstić information content (AvgIpc) is 3.04. The first-order valence-corrected chi connectivity index (χ1v) is 6.37. The number of nitrogens with zero attached hydrogens (tertiary/aromatic N) is 6. The summed E-state index contributed by atoms with van der Waals surface area (Å²) in [6, 6.07) is 3.78. The summed E-state index contributed by atoms with van der Waals surface area (Å²) in [5, 5.41) is 18.8. The van der Waals surface area contributed by atoms with Crippen LogP contribution in [0.4, 0.5) is 5.82 Å². The summed E-state index contributed by atoms with van der Waals surface area (Å²) >= 11 is 0. The Bertz CT molecular complexity index is 523. The van der Waals surface area contributed by atoms with Crippen LogP contribution in [0, 0.1) is 5.92 Å². The van der Waals surface area contributed by atoms with E-state index in [2.05, 4.69) is 37.8 Å². The molecule has 1 saturated heterocycles. The first kappa shape index (κ1) is 11.3. The summed E-state index contributed by atoms with van der Waals surface area (Å²) in [5.74, 6) is 1.53. The van der Waals surface area contributed by atoms with E-state index in [1.165, 1.54) is 24.1 Å². The molecule has 1 fully saturated rings. The molecule has 1 aliphatic rings. The first-order chi connectivity index (χ1) is 8.85. The minimum atomic E-state index is 0.665. The maximum atomic E-state index is 4.29. The van der Waals surface area contributed by atoms with Gasteiger partial charge in [0.25, 0.3) is 0 Å². The maximum Gasteiger partial charge on any atom is 0.200 e. The van der Waals surface area contributed by atoms with Crippen LogP contribution in [0.15, 0.2) is 12.1 Å². The van der Waals surface area contributed by atoms with Gasteiger partial charge in [-0.15, -0.1) is 14.8 Å². The molecule has 2 aromatic heterocycles. The molecule has 1 N–H and O–H groups in total. The van der Waals surface area contributed by atoms with Crippen molar-refractivity contribution in [2.45, 2.75) is 13.3 Å². The van der Waals surface area contributed by atoms with Crippen LogP contribution in [-0.2, 0) is 0 Å². The normalized spacial score (nSPS) is 20.6. The van der Waals surface area contributed by atoms with Crippen LogP contribution in [0.2, 0.25) is 0 Å². The fourth-order valence-corrected chi connectivity index (χ4v) is 2.36. The maximum absolute atomic E-state index is 4.29. The smallest absolute Gasteiger partial charge is 0.200 e. The zero-order valence-corrected chi connectivity index (χ0v) is 10.5. The van der Waals surface area contributed by atoms with Crippen molar-refractivity contribution in [1.29, 1.82) is 0 Å². The van der Waals surface area contributed by atoms with Gasteiger partial charge in [0.15, 0.2) is 5.65 Å². The van der Waals surface area contributed by atoms with Gasteiger partial charge in [-0.1, -0.05) is 6.92 Å². The summed E-state index contributed by atoms with van der Waals surface area (Å²) < 4.78 is 1.44. The highest BCUT2D eigenvalue weighted by Crippen LogP contribution is 2.16. The van der Waals surface area contributed by atoms with Crippen LogP contribution in [0.25, 0.3) is 5.65 Å². The number of fused-ring (bicyclic) bond motifs is 1. The van der Waals surface area contributed by atoms with Crippen LogP contribution in [0.3, 0.4) is 0 Å². The lowest BCUT2D eigenvalue weighted by molar-refractivity contribution is 0.345. The third-order valence-corrected chi connectivity index (χ3v) is 3.46. The van der Waals surface area contributed by atoms with E-state index in [0.29, 0.717) is 11.6 Å². The lowest BCUT2D eigenvalue weighted by atomic mass is 10.1. The molecule has 0 aromatic carbocycles. The minimum Gasteiger partial charge on any atom is -0.368 e. The van der Waals surface area contributed by atoms with E-state index in [1.54, 1.807) is 0 Å². The van der Waals surface area contributed by atoms with E-state index in [0.717, 1.165) is 18.9 Å². The van der Waals surface area contributed by atoms with Crippen LogP contribution in [0.5, 0.6) is 0 Å². The van der Waals surface area contributed by atoms with Gasteiger partial charge in [0.2, 0.25) is 0 Å². The summed E-state index contributed by atoms with van der Waals surface area (Å²) in [6.07, 6.45) is 1.26. The Labute approximate surface area is 105 Å². The van der Waals surface area contributed by atoms with Crippen molar-refractivity contribution >= 4 is 11.5 Å². The number of likely N-dealkylation sites (tertiary alicyclic amines) is 1. The van der Waals surface area contributed by atoms with Crippen molar-refractivity contribution < 1.29 is 0 Å². The molecule has 0 aliphatic carbocycles. The fourth-order valence-electron chi connectivity index (χ4n) is 2.36. The van der Waals surface area contributed by atoms with Gasteiger partial charge in [-0.25, -0.2) is 0 Å². The molecular weight excluding hydrogens is 230 g/mol. The van der Waals surface area contributed by atoms with E-state index in [4.69, 9.17) is 0 Å². The fraction of sp³-hybridized carbons (Fsp3) is 0.636. The van der Waals surface area contributed by atoms with E-state index in [-0.39, 0.29) is 0 Å². The Balaban J connectivity index is 1.59. The van der Waals surface area contributed by atoms with Crippen LogP contribution in [-0.4, -0.2) is 56.3 Å². The Kier molecular flexibility index (Phi) is 3.06. The number of anilines is 1. The molecular formula is C11H17N7. The number of aromatic nitrogens is 5. The van der Waals surface area contributed by atoms with E-state index in [9.17, 15) is 0 Å². The topological polar surface area (TPSA) is 71.2 Å². The van der Waals surface area contributed by atoms with Crippen LogP contribution < -0.4 is 5.32 Å². The third kappa shape index (κ3) is 2.26. The van der Waals surface area contributed by atoms with Crippen LogP contribution >= 0.6 is 0 Å².